The van der Waals surface area contributed by atoms with Gasteiger partial charge in [0, 0.05) is 26.1 Å². The van der Waals surface area contributed by atoms with Crippen molar-refractivity contribution < 1.29 is 19.1 Å². The summed E-state index contributed by atoms with van der Waals surface area (Å²) in [6.07, 6.45) is 0.675. The summed E-state index contributed by atoms with van der Waals surface area (Å²) >= 11 is 0. The molecule has 30 heavy (non-hydrogen) atoms. The molecular formula is C23H27N3O4. The van der Waals surface area contributed by atoms with E-state index in [2.05, 4.69) is 10.6 Å². The zero-order chi connectivity index (χ0) is 21.2. The zero-order valence-corrected chi connectivity index (χ0v) is 16.9. The molecule has 0 aliphatic carbocycles. The van der Waals surface area contributed by atoms with E-state index < -0.39 is 11.8 Å². The first-order valence-corrected chi connectivity index (χ1v) is 10.2. The van der Waals surface area contributed by atoms with Crippen LogP contribution in [0.1, 0.15) is 30.1 Å². The van der Waals surface area contributed by atoms with Gasteiger partial charge in [-0.3, -0.25) is 14.4 Å². The van der Waals surface area contributed by atoms with Gasteiger partial charge < -0.3 is 20.3 Å². The fraction of sp³-hybridized carbons (Fsp3) is 0.348. The minimum absolute atomic E-state index is 0.0296. The van der Waals surface area contributed by atoms with Gasteiger partial charge in [0.25, 0.3) is 0 Å². The van der Waals surface area contributed by atoms with Gasteiger partial charge in [0.05, 0.1) is 13.2 Å². The molecule has 1 saturated heterocycles. The number of amides is 3. The molecule has 0 aromatic heterocycles. The van der Waals surface area contributed by atoms with Crippen LogP contribution in [0.3, 0.4) is 0 Å². The van der Waals surface area contributed by atoms with E-state index >= 15 is 0 Å². The largest absolute Gasteiger partial charge is 0.370 e. The summed E-state index contributed by atoms with van der Waals surface area (Å²) in [6, 6.07) is 19.2. The quantitative estimate of drug-likeness (QED) is 0.539. The van der Waals surface area contributed by atoms with Gasteiger partial charge in [-0.25, -0.2) is 0 Å². The third-order valence-electron chi connectivity index (χ3n) is 4.95. The smallest absolute Gasteiger partial charge is 0.309 e. The van der Waals surface area contributed by atoms with Gasteiger partial charge in [0.15, 0.2) is 0 Å². The molecule has 3 rings (SSSR count). The summed E-state index contributed by atoms with van der Waals surface area (Å²) in [5.41, 5.74) is 1.98. The highest BCUT2D eigenvalue weighted by atomic mass is 16.5. The molecule has 0 radical (unpaired) electrons. The number of ether oxygens (including phenoxy) is 1. The third kappa shape index (κ3) is 6.42. The molecule has 2 N–H and O–H groups in total. The van der Waals surface area contributed by atoms with E-state index in [0.717, 1.165) is 11.1 Å². The predicted octanol–water partition coefficient (Wildman–Crippen LogP) is 1.80. The molecule has 1 atom stereocenters. The van der Waals surface area contributed by atoms with Crippen LogP contribution >= 0.6 is 0 Å². The molecule has 7 nitrogen and oxygen atoms in total. The molecule has 1 fully saturated rings. The first-order valence-electron chi connectivity index (χ1n) is 10.2. The van der Waals surface area contributed by atoms with Crippen LogP contribution in [-0.2, 0) is 25.7 Å². The van der Waals surface area contributed by atoms with Crippen LogP contribution in [0.4, 0.5) is 0 Å². The normalized spacial score (nSPS) is 16.0. The number of hydrogen-bond donors (Lipinski definition) is 2. The number of hydrogen-bond acceptors (Lipinski definition) is 4. The van der Waals surface area contributed by atoms with Crippen molar-refractivity contribution in [1.29, 1.82) is 0 Å². The van der Waals surface area contributed by atoms with Gasteiger partial charge in [-0.05, 0) is 17.5 Å². The second-order valence-electron chi connectivity index (χ2n) is 7.14. The molecule has 2 aromatic carbocycles. The number of carbonyl (C=O) groups excluding carboxylic acids is 3. The molecule has 1 heterocycles. The molecule has 158 valence electrons. The first kappa shape index (κ1) is 21.5. The Morgan fingerprint density at radius 1 is 0.933 bits per heavy atom. The topological polar surface area (TPSA) is 87.7 Å². The molecule has 1 aliphatic heterocycles. The van der Waals surface area contributed by atoms with E-state index in [4.69, 9.17) is 4.74 Å². The molecule has 0 bridgehead atoms. The fourth-order valence-corrected chi connectivity index (χ4v) is 3.28. The van der Waals surface area contributed by atoms with E-state index in [1.54, 1.807) is 4.90 Å². The number of morpholine rings is 1. The Balaban J connectivity index is 1.34. The molecule has 1 aliphatic rings. The third-order valence-corrected chi connectivity index (χ3v) is 4.95. The maximum absolute atomic E-state index is 12.5. The average molecular weight is 409 g/mol. The second-order valence-corrected chi connectivity index (χ2v) is 7.14. The van der Waals surface area contributed by atoms with E-state index in [1.807, 2.05) is 60.7 Å². The molecule has 7 heteroatoms. The minimum Gasteiger partial charge on any atom is -0.370 e. The van der Waals surface area contributed by atoms with Crippen molar-refractivity contribution in [2.24, 2.45) is 0 Å². The second kappa shape index (κ2) is 11.1. The Bertz CT molecular complexity index is 842. The Kier molecular flexibility index (Phi) is 7.97. The number of nitrogens with one attached hydrogen (secondary N) is 2. The summed E-state index contributed by atoms with van der Waals surface area (Å²) in [6.45, 7) is 2.16. The number of carbonyl (C=O) groups is 3. The van der Waals surface area contributed by atoms with E-state index in [1.165, 1.54) is 0 Å². The van der Waals surface area contributed by atoms with Crippen molar-refractivity contribution in [2.75, 3.05) is 26.2 Å². The van der Waals surface area contributed by atoms with Crippen molar-refractivity contribution in [1.82, 2.24) is 15.5 Å². The highest BCUT2D eigenvalue weighted by Gasteiger charge is 2.25. The van der Waals surface area contributed by atoms with Gasteiger partial charge in [-0.2, -0.15) is 0 Å². The summed E-state index contributed by atoms with van der Waals surface area (Å²) in [7, 11) is 0. The van der Waals surface area contributed by atoms with Gasteiger partial charge in [-0.1, -0.05) is 60.7 Å². The standard InChI is InChI=1S/C23H27N3O4/c27-21(26-14-15-30-20(17-26)19-10-5-2-6-11-19)12-7-13-24-22(28)23(29)25-16-18-8-3-1-4-9-18/h1-6,8-11,20H,7,12-17H2,(H,24,28)(H,25,29). The molecule has 2 aromatic rings. The van der Waals surface area contributed by atoms with Gasteiger partial charge >= 0.3 is 11.8 Å². The predicted molar refractivity (Wildman–Crippen MR) is 112 cm³/mol. The fourth-order valence-electron chi connectivity index (χ4n) is 3.28. The zero-order valence-electron chi connectivity index (χ0n) is 16.9. The SMILES string of the molecule is O=C(NCCCC(=O)N1CCOC(c2ccccc2)C1)C(=O)NCc1ccccc1. The summed E-state index contributed by atoms with van der Waals surface area (Å²) in [5.74, 6) is -1.33. The highest BCUT2D eigenvalue weighted by Crippen LogP contribution is 2.22. The van der Waals surface area contributed by atoms with Crippen LogP contribution < -0.4 is 10.6 Å². The summed E-state index contributed by atoms with van der Waals surface area (Å²) < 4.78 is 5.79. The maximum Gasteiger partial charge on any atom is 0.309 e. The van der Waals surface area contributed by atoms with Gasteiger partial charge in [0.2, 0.25) is 5.91 Å². The molecular weight excluding hydrogens is 382 g/mol. The van der Waals surface area contributed by atoms with Crippen molar-refractivity contribution >= 4 is 17.7 Å². The number of benzene rings is 2. The van der Waals surface area contributed by atoms with E-state index in [9.17, 15) is 14.4 Å². The maximum atomic E-state index is 12.5. The molecule has 3 amide bonds. The first-order chi connectivity index (χ1) is 14.6. The Morgan fingerprint density at radius 2 is 1.60 bits per heavy atom. The Hall–Kier alpha value is -3.19. The molecule has 1 unspecified atom stereocenters. The van der Waals surface area contributed by atoms with Crippen LogP contribution in [0.2, 0.25) is 0 Å². The van der Waals surface area contributed by atoms with Crippen molar-refractivity contribution in [2.45, 2.75) is 25.5 Å². The number of nitrogens with zero attached hydrogens (tertiary/aromatic N) is 1. The lowest BCUT2D eigenvalue weighted by Gasteiger charge is -2.33. The van der Waals surface area contributed by atoms with E-state index in [0.29, 0.717) is 39.1 Å². The highest BCUT2D eigenvalue weighted by molar-refractivity contribution is 6.35. The Morgan fingerprint density at radius 3 is 2.33 bits per heavy atom. The lowest BCUT2D eigenvalue weighted by atomic mass is 10.1. The van der Waals surface area contributed by atoms with Crippen LogP contribution in [-0.4, -0.2) is 48.9 Å². The molecule has 0 saturated carbocycles. The van der Waals surface area contributed by atoms with Crippen LogP contribution in [0.25, 0.3) is 0 Å². The minimum atomic E-state index is -0.686. The number of rotatable bonds is 7. The lowest BCUT2D eigenvalue weighted by Crippen LogP contribution is -2.43. The van der Waals surface area contributed by atoms with Crippen molar-refractivity contribution in [3.05, 3.63) is 71.8 Å². The summed E-state index contributed by atoms with van der Waals surface area (Å²) in [4.78, 5) is 38.0. The monoisotopic (exact) mass is 409 g/mol. The van der Waals surface area contributed by atoms with Crippen molar-refractivity contribution in [3.8, 4) is 0 Å². The molecule has 0 spiro atoms. The average Bonchev–Trinajstić information content (AvgIpc) is 2.81. The van der Waals surface area contributed by atoms with E-state index in [-0.39, 0.29) is 18.6 Å². The van der Waals surface area contributed by atoms with Crippen molar-refractivity contribution in [3.63, 3.8) is 0 Å². The van der Waals surface area contributed by atoms with Gasteiger partial charge in [0.1, 0.15) is 6.10 Å². The summed E-state index contributed by atoms with van der Waals surface area (Å²) in [5, 5.41) is 5.15. The van der Waals surface area contributed by atoms with Crippen LogP contribution in [0, 0.1) is 0 Å². The van der Waals surface area contributed by atoms with Crippen LogP contribution in [0.5, 0.6) is 0 Å². The van der Waals surface area contributed by atoms with Gasteiger partial charge in [-0.15, -0.1) is 0 Å². The lowest BCUT2D eigenvalue weighted by molar-refractivity contribution is -0.140. The van der Waals surface area contributed by atoms with Crippen LogP contribution in [0.15, 0.2) is 60.7 Å². The Labute approximate surface area is 176 Å².